The molecule has 0 spiro atoms. The molecule has 0 saturated heterocycles. The Morgan fingerprint density at radius 3 is 2.92 bits per heavy atom. The molecule has 0 aliphatic carbocycles. The van der Waals surface area contributed by atoms with Crippen molar-refractivity contribution in [3.8, 4) is 11.8 Å². The van der Waals surface area contributed by atoms with Crippen molar-refractivity contribution in [3.63, 3.8) is 0 Å². The second-order valence-electron chi connectivity index (χ2n) is 2.42. The van der Waals surface area contributed by atoms with Gasteiger partial charge in [0, 0.05) is 11.1 Å². The molecule has 0 amide bonds. The number of hydrogen-bond donors (Lipinski definition) is 1. The number of nitrogens with two attached hydrogens (primary N) is 1. The van der Waals surface area contributed by atoms with Gasteiger partial charge in [-0.05, 0) is 19.1 Å². The fraction of sp³-hybridized carbons (Fsp3) is 0.200. The average Bonchev–Trinajstić information content (AvgIpc) is 2.08. The van der Waals surface area contributed by atoms with Crippen molar-refractivity contribution in [2.75, 3.05) is 6.54 Å². The van der Waals surface area contributed by atoms with Crippen molar-refractivity contribution in [2.24, 2.45) is 5.73 Å². The van der Waals surface area contributed by atoms with Gasteiger partial charge in [0.05, 0.1) is 6.54 Å². The Labute approximate surface area is 71.4 Å². The van der Waals surface area contributed by atoms with Crippen LogP contribution in [0, 0.1) is 24.6 Å². The zero-order chi connectivity index (χ0) is 8.97. The van der Waals surface area contributed by atoms with Crippen molar-refractivity contribution in [1.82, 2.24) is 0 Å². The summed E-state index contributed by atoms with van der Waals surface area (Å²) >= 11 is 0. The Bertz CT molecular complexity index is 333. The van der Waals surface area contributed by atoms with Gasteiger partial charge in [-0.2, -0.15) is 0 Å². The topological polar surface area (TPSA) is 26.0 Å². The first kappa shape index (κ1) is 8.76. The molecule has 1 aromatic carbocycles. The van der Waals surface area contributed by atoms with E-state index in [9.17, 15) is 4.39 Å². The maximum Gasteiger partial charge on any atom is 0.127 e. The van der Waals surface area contributed by atoms with E-state index in [0.29, 0.717) is 17.7 Å². The summed E-state index contributed by atoms with van der Waals surface area (Å²) < 4.78 is 12.9. The molecule has 0 fully saturated rings. The van der Waals surface area contributed by atoms with Crippen LogP contribution in [0.1, 0.15) is 11.1 Å². The molecule has 0 heterocycles. The Morgan fingerprint density at radius 1 is 1.50 bits per heavy atom. The average molecular weight is 163 g/mol. The molecule has 0 atom stereocenters. The third kappa shape index (κ3) is 1.84. The van der Waals surface area contributed by atoms with Crippen LogP contribution in [0.4, 0.5) is 4.39 Å². The number of benzene rings is 1. The molecular formula is C10H10FN. The van der Waals surface area contributed by atoms with E-state index in [-0.39, 0.29) is 5.82 Å². The summed E-state index contributed by atoms with van der Waals surface area (Å²) in [5.74, 6) is 5.26. The van der Waals surface area contributed by atoms with Gasteiger partial charge in [0.1, 0.15) is 5.82 Å². The highest BCUT2D eigenvalue weighted by Crippen LogP contribution is 2.10. The van der Waals surface area contributed by atoms with Crippen molar-refractivity contribution >= 4 is 0 Å². The quantitative estimate of drug-likeness (QED) is 0.575. The maximum atomic E-state index is 12.9. The van der Waals surface area contributed by atoms with Crippen LogP contribution in [-0.2, 0) is 0 Å². The van der Waals surface area contributed by atoms with Crippen molar-refractivity contribution in [3.05, 3.63) is 35.1 Å². The van der Waals surface area contributed by atoms with Crippen LogP contribution < -0.4 is 5.73 Å². The predicted molar refractivity (Wildman–Crippen MR) is 47.1 cm³/mol. The van der Waals surface area contributed by atoms with E-state index < -0.39 is 0 Å². The molecule has 2 heteroatoms. The minimum atomic E-state index is -0.223. The fourth-order valence-electron chi connectivity index (χ4n) is 0.889. The lowest BCUT2D eigenvalue weighted by Crippen LogP contribution is -1.94. The molecule has 1 rings (SSSR count). The predicted octanol–water partition coefficient (Wildman–Crippen LogP) is 1.44. The van der Waals surface area contributed by atoms with E-state index in [1.165, 1.54) is 6.07 Å². The van der Waals surface area contributed by atoms with Gasteiger partial charge in [-0.15, -0.1) is 0 Å². The van der Waals surface area contributed by atoms with Crippen molar-refractivity contribution in [1.29, 1.82) is 0 Å². The van der Waals surface area contributed by atoms with Crippen LogP contribution >= 0.6 is 0 Å². The zero-order valence-electron chi connectivity index (χ0n) is 6.89. The molecule has 0 bridgehead atoms. The number of rotatable bonds is 0. The first-order valence-electron chi connectivity index (χ1n) is 3.69. The second-order valence-corrected chi connectivity index (χ2v) is 2.42. The normalized spacial score (nSPS) is 8.92. The summed E-state index contributed by atoms with van der Waals surface area (Å²) in [5, 5.41) is 0. The molecule has 1 nitrogen and oxygen atoms in total. The Kier molecular flexibility index (Phi) is 2.84. The van der Waals surface area contributed by atoms with E-state index in [0.717, 1.165) is 0 Å². The van der Waals surface area contributed by atoms with Gasteiger partial charge in [-0.3, -0.25) is 0 Å². The summed E-state index contributed by atoms with van der Waals surface area (Å²) in [6.07, 6.45) is 0. The molecule has 1 aromatic rings. The van der Waals surface area contributed by atoms with E-state index in [4.69, 9.17) is 5.73 Å². The standard InChI is InChI=1S/C10H10FN/c1-8-9(5-3-7-12)4-2-6-10(8)11/h2,4,6H,7,12H2,1H3. The Balaban J connectivity index is 3.08. The van der Waals surface area contributed by atoms with Gasteiger partial charge < -0.3 is 5.73 Å². The number of hydrogen-bond acceptors (Lipinski definition) is 1. The molecule has 0 radical (unpaired) electrons. The lowest BCUT2D eigenvalue weighted by Gasteiger charge is -1.97. The first-order valence-corrected chi connectivity index (χ1v) is 3.69. The van der Waals surface area contributed by atoms with E-state index >= 15 is 0 Å². The molecule has 0 aromatic heterocycles. The summed E-state index contributed by atoms with van der Waals surface area (Å²) in [6, 6.07) is 4.84. The molecule has 62 valence electrons. The van der Waals surface area contributed by atoms with Crippen LogP contribution in [0.2, 0.25) is 0 Å². The SMILES string of the molecule is Cc1c(F)cccc1C#CCN. The van der Waals surface area contributed by atoms with Crippen LogP contribution in [0.3, 0.4) is 0 Å². The van der Waals surface area contributed by atoms with E-state index in [1.807, 2.05) is 0 Å². The highest BCUT2D eigenvalue weighted by Gasteiger charge is 1.98. The largest absolute Gasteiger partial charge is 0.320 e. The molecule has 0 aliphatic heterocycles. The fourth-order valence-corrected chi connectivity index (χ4v) is 0.889. The lowest BCUT2D eigenvalue weighted by molar-refractivity contribution is 0.618. The van der Waals surface area contributed by atoms with Crippen LogP contribution in [0.15, 0.2) is 18.2 Å². The third-order valence-electron chi connectivity index (χ3n) is 1.59. The molecule has 0 unspecified atom stereocenters. The minimum absolute atomic E-state index is 0.223. The zero-order valence-corrected chi connectivity index (χ0v) is 6.89. The smallest absolute Gasteiger partial charge is 0.127 e. The summed E-state index contributed by atoms with van der Waals surface area (Å²) in [7, 11) is 0. The van der Waals surface area contributed by atoms with E-state index in [2.05, 4.69) is 11.8 Å². The van der Waals surface area contributed by atoms with Crippen LogP contribution in [0.5, 0.6) is 0 Å². The van der Waals surface area contributed by atoms with Crippen molar-refractivity contribution < 1.29 is 4.39 Å². The van der Waals surface area contributed by atoms with E-state index in [1.54, 1.807) is 19.1 Å². The van der Waals surface area contributed by atoms with Gasteiger partial charge in [-0.25, -0.2) is 4.39 Å². The first-order chi connectivity index (χ1) is 5.75. The molecule has 2 N–H and O–H groups in total. The highest BCUT2D eigenvalue weighted by molar-refractivity contribution is 5.41. The molecular weight excluding hydrogens is 153 g/mol. The van der Waals surface area contributed by atoms with Gasteiger partial charge in [0.2, 0.25) is 0 Å². The molecule has 0 aliphatic rings. The maximum absolute atomic E-state index is 12.9. The van der Waals surface area contributed by atoms with Gasteiger partial charge in [0.15, 0.2) is 0 Å². The second kappa shape index (κ2) is 3.89. The molecule has 12 heavy (non-hydrogen) atoms. The van der Waals surface area contributed by atoms with Crippen LogP contribution in [-0.4, -0.2) is 6.54 Å². The van der Waals surface area contributed by atoms with Gasteiger partial charge in [0.25, 0.3) is 0 Å². The van der Waals surface area contributed by atoms with Gasteiger partial charge >= 0.3 is 0 Å². The summed E-state index contributed by atoms with van der Waals surface area (Å²) in [5.41, 5.74) is 6.49. The Morgan fingerprint density at radius 2 is 2.25 bits per heavy atom. The summed E-state index contributed by atoms with van der Waals surface area (Å²) in [4.78, 5) is 0. The lowest BCUT2D eigenvalue weighted by atomic mass is 10.1. The molecule has 0 saturated carbocycles. The summed E-state index contributed by atoms with van der Waals surface area (Å²) in [6.45, 7) is 2.01. The van der Waals surface area contributed by atoms with Crippen LogP contribution in [0.25, 0.3) is 0 Å². The monoisotopic (exact) mass is 163 g/mol. The Hall–Kier alpha value is -1.33. The van der Waals surface area contributed by atoms with Gasteiger partial charge in [-0.1, -0.05) is 17.9 Å². The number of halogens is 1. The minimum Gasteiger partial charge on any atom is -0.320 e. The highest BCUT2D eigenvalue weighted by atomic mass is 19.1. The van der Waals surface area contributed by atoms with Crippen molar-refractivity contribution in [2.45, 2.75) is 6.92 Å². The third-order valence-corrected chi connectivity index (χ3v) is 1.59.